The van der Waals surface area contributed by atoms with E-state index >= 15 is 0 Å². The highest BCUT2D eigenvalue weighted by Gasteiger charge is 2.32. The SMILES string of the molecule is CCc1ccc(-c2csc(N3CCC(S(=O)(=O)c4cccc(Cl)c4)CC3)n2)cc1. The second kappa shape index (κ2) is 8.46. The molecule has 0 saturated carbocycles. The van der Waals surface area contributed by atoms with Crippen LogP contribution in [0.15, 0.2) is 58.8 Å². The molecular weight excluding hydrogens is 424 g/mol. The lowest BCUT2D eigenvalue weighted by Crippen LogP contribution is -2.39. The topological polar surface area (TPSA) is 50.3 Å². The summed E-state index contributed by atoms with van der Waals surface area (Å²) < 4.78 is 25.9. The van der Waals surface area contributed by atoms with E-state index in [-0.39, 0.29) is 5.25 Å². The molecule has 0 aliphatic carbocycles. The van der Waals surface area contributed by atoms with Crippen LogP contribution in [-0.2, 0) is 16.3 Å². The van der Waals surface area contributed by atoms with Crippen LogP contribution in [0, 0.1) is 0 Å². The first-order chi connectivity index (χ1) is 14.0. The highest BCUT2D eigenvalue weighted by Crippen LogP contribution is 2.32. The van der Waals surface area contributed by atoms with Gasteiger partial charge in [-0.25, -0.2) is 13.4 Å². The Balaban J connectivity index is 1.44. The van der Waals surface area contributed by atoms with Gasteiger partial charge in [0.25, 0.3) is 0 Å². The van der Waals surface area contributed by atoms with Crippen molar-refractivity contribution in [3.63, 3.8) is 0 Å². The molecule has 1 aliphatic heterocycles. The zero-order chi connectivity index (χ0) is 20.4. The minimum absolute atomic E-state index is 0.315. The average Bonchev–Trinajstić information content (AvgIpc) is 3.24. The molecule has 0 radical (unpaired) electrons. The van der Waals surface area contributed by atoms with Crippen molar-refractivity contribution in [2.24, 2.45) is 0 Å². The number of sulfone groups is 1. The number of nitrogens with zero attached hydrogens (tertiary/aromatic N) is 2. The third-order valence-electron chi connectivity index (χ3n) is 5.43. The number of benzene rings is 2. The summed E-state index contributed by atoms with van der Waals surface area (Å²) in [5, 5.41) is 3.10. The second-order valence-electron chi connectivity index (χ2n) is 7.25. The number of anilines is 1. The molecular formula is C22H23ClN2O2S2. The summed E-state index contributed by atoms with van der Waals surface area (Å²) in [6.45, 7) is 3.52. The van der Waals surface area contributed by atoms with E-state index in [1.54, 1.807) is 35.6 Å². The van der Waals surface area contributed by atoms with E-state index in [0.717, 1.165) is 22.8 Å². The van der Waals surface area contributed by atoms with Crippen molar-refractivity contribution < 1.29 is 8.42 Å². The summed E-state index contributed by atoms with van der Waals surface area (Å²) in [5.41, 5.74) is 3.40. The van der Waals surface area contributed by atoms with Gasteiger partial charge in [-0.2, -0.15) is 0 Å². The van der Waals surface area contributed by atoms with Gasteiger partial charge >= 0.3 is 0 Å². The molecule has 152 valence electrons. The highest BCUT2D eigenvalue weighted by atomic mass is 35.5. The molecule has 0 N–H and O–H groups in total. The first kappa shape index (κ1) is 20.4. The summed E-state index contributed by atoms with van der Waals surface area (Å²) in [7, 11) is -3.36. The molecule has 0 atom stereocenters. The first-order valence-corrected chi connectivity index (χ1v) is 12.6. The third-order valence-corrected chi connectivity index (χ3v) is 8.82. The maximum Gasteiger partial charge on any atom is 0.185 e. The predicted octanol–water partition coefficient (Wildman–Crippen LogP) is 5.47. The second-order valence-corrected chi connectivity index (χ2v) is 10.8. The van der Waals surface area contributed by atoms with Crippen molar-refractivity contribution in [3.8, 4) is 11.3 Å². The number of aromatic nitrogens is 1. The van der Waals surface area contributed by atoms with Crippen LogP contribution in [0.25, 0.3) is 11.3 Å². The first-order valence-electron chi connectivity index (χ1n) is 9.76. The summed E-state index contributed by atoms with van der Waals surface area (Å²) >= 11 is 7.60. The van der Waals surface area contributed by atoms with Crippen molar-refractivity contribution in [1.82, 2.24) is 4.98 Å². The van der Waals surface area contributed by atoms with E-state index in [1.807, 2.05) is 0 Å². The molecule has 1 fully saturated rings. The monoisotopic (exact) mass is 446 g/mol. The molecule has 1 aliphatic rings. The lowest BCUT2D eigenvalue weighted by atomic mass is 10.1. The molecule has 1 aromatic heterocycles. The molecule has 2 heterocycles. The van der Waals surface area contributed by atoms with E-state index in [9.17, 15) is 8.42 Å². The molecule has 7 heteroatoms. The summed E-state index contributed by atoms with van der Waals surface area (Å²) in [6.07, 6.45) is 2.21. The van der Waals surface area contributed by atoms with Crippen LogP contribution >= 0.6 is 22.9 Å². The molecule has 29 heavy (non-hydrogen) atoms. The Morgan fingerprint density at radius 3 is 2.52 bits per heavy atom. The zero-order valence-electron chi connectivity index (χ0n) is 16.2. The smallest absolute Gasteiger partial charge is 0.185 e. The van der Waals surface area contributed by atoms with Crippen LogP contribution in [0.3, 0.4) is 0 Å². The van der Waals surface area contributed by atoms with Gasteiger partial charge in [-0.3, -0.25) is 0 Å². The number of aryl methyl sites for hydroxylation is 1. The van der Waals surface area contributed by atoms with E-state index < -0.39 is 9.84 Å². The summed E-state index contributed by atoms with van der Waals surface area (Å²) in [6, 6.07) is 15.1. The Bertz CT molecular complexity index is 1090. The highest BCUT2D eigenvalue weighted by molar-refractivity contribution is 7.92. The lowest BCUT2D eigenvalue weighted by Gasteiger charge is -2.31. The molecule has 0 amide bonds. The van der Waals surface area contributed by atoms with Gasteiger partial charge in [0.05, 0.1) is 15.8 Å². The van der Waals surface area contributed by atoms with E-state index in [1.165, 1.54) is 5.56 Å². The van der Waals surface area contributed by atoms with Gasteiger partial charge < -0.3 is 4.90 Å². The molecule has 0 bridgehead atoms. The van der Waals surface area contributed by atoms with E-state index in [0.29, 0.717) is 35.8 Å². The Hall–Kier alpha value is -1.89. The fraction of sp³-hybridized carbons (Fsp3) is 0.318. The van der Waals surface area contributed by atoms with Crippen LogP contribution in [0.4, 0.5) is 5.13 Å². The Kier molecular flexibility index (Phi) is 5.95. The van der Waals surface area contributed by atoms with Crippen molar-refractivity contribution >= 4 is 37.9 Å². The molecule has 3 aromatic rings. The van der Waals surface area contributed by atoms with Gasteiger partial charge in [0.1, 0.15) is 0 Å². The largest absolute Gasteiger partial charge is 0.348 e. The average molecular weight is 447 g/mol. The van der Waals surface area contributed by atoms with Crippen molar-refractivity contribution in [3.05, 3.63) is 64.5 Å². The van der Waals surface area contributed by atoms with Crippen LogP contribution in [0.2, 0.25) is 5.02 Å². The Morgan fingerprint density at radius 1 is 1.14 bits per heavy atom. The minimum atomic E-state index is -3.36. The standard InChI is InChI=1S/C22H23ClN2O2S2/c1-2-16-6-8-17(9-7-16)21-15-28-22(24-21)25-12-10-19(11-13-25)29(26,27)20-5-3-4-18(23)14-20/h3-9,14-15,19H,2,10-13H2,1H3. The van der Waals surface area contributed by atoms with Gasteiger partial charge in [-0.05, 0) is 43.0 Å². The number of halogens is 1. The van der Waals surface area contributed by atoms with Gasteiger partial charge in [-0.1, -0.05) is 48.9 Å². The maximum absolute atomic E-state index is 12.9. The number of hydrogen-bond donors (Lipinski definition) is 0. The molecule has 0 unspecified atom stereocenters. The van der Waals surface area contributed by atoms with Crippen molar-refractivity contribution in [2.75, 3.05) is 18.0 Å². The molecule has 1 saturated heterocycles. The molecule has 0 spiro atoms. The van der Waals surface area contributed by atoms with E-state index in [4.69, 9.17) is 16.6 Å². The van der Waals surface area contributed by atoms with Gasteiger partial charge in [0.15, 0.2) is 15.0 Å². The summed E-state index contributed by atoms with van der Waals surface area (Å²) in [5.74, 6) is 0. The Morgan fingerprint density at radius 2 is 1.86 bits per heavy atom. The van der Waals surface area contributed by atoms with Gasteiger partial charge in [0.2, 0.25) is 0 Å². The quantitative estimate of drug-likeness (QED) is 0.521. The van der Waals surface area contributed by atoms with E-state index in [2.05, 4.69) is 41.5 Å². The zero-order valence-corrected chi connectivity index (χ0v) is 18.6. The number of thiazole rings is 1. The maximum atomic E-state index is 12.9. The van der Waals surface area contributed by atoms with Gasteiger partial charge in [0, 0.05) is 29.1 Å². The molecule has 4 rings (SSSR count). The molecule has 4 nitrogen and oxygen atoms in total. The predicted molar refractivity (Wildman–Crippen MR) is 121 cm³/mol. The Labute approximate surface area is 181 Å². The van der Waals surface area contributed by atoms with Crippen LogP contribution < -0.4 is 4.90 Å². The van der Waals surface area contributed by atoms with Gasteiger partial charge in [-0.15, -0.1) is 11.3 Å². The fourth-order valence-electron chi connectivity index (χ4n) is 3.65. The fourth-order valence-corrected chi connectivity index (χ4v) is 6.57. The number of hydrogen-bond acceptors (Lipinski definition) is 5. The van der Waals surface area contributed by atoms with Crippen LogP contribution in [0.5, 0.6) is 0 Å². The van der Waals surface area contributed by atoms with Crippen LogP contribution in [0.1, 0.15) is 25.3 Å². The molecule has 2 aromatic carbocycles. The minimum Gasteiger partial charge on any atom is -0.348 e. The summed E-state index contributed by atoms with van der Waals surface area (Å²) in [4.78, 5) is 7.30. The van der Waals surface area contributed by atoms with Crippen LogP contribution in [-0.4, -0.2) is 31.7 Å². The number of piperidine rings is 1. The number of rotatable bonds is 5. The third kappa shape index (κ3) is 4.34. The normalized spacial score (nSPS) is 15.6. The van der Waals surface area contributed by atoms with Crippen molar-refractivity contribution in [1.29, 1.82) is 0 Å². The lowest BCUT2D eigenvalue weighted by molar-refractivity contribution is 0.529. The van der Waals surface area contributed by atoms with Crippen molar-refractivity contribution in [2.45, 2.75) is 36.3 Å².